The highest BCUT2D eigenvalue weighted by molar-refractivity contribution is 7.09. The molecular weight excluding hydrogens is 268 g/mol. The van der Waals surface area contributed by atoms with Crippen LogP contribution < -0.4 is 0 Å². The van der Waals surface area contributed by atoms with Gasteiger partial charge in [-0.1, -0.05) is 30.3 Å². The molecule has 1 aromatic carbocycles. The molecule has 1 N–H and O–H groups in total. The number of aliphatic carboxylic acids is 1. The number of carbonyl (C=O) groups is 1. The Labute approximate surface area is 123 Å². The largest absolute Gasteiger partial charge is 0.481 e. The zero-order chi connectivity index (χ0) is 14.2. The summed E-state index contributed by atoms with van der Waals surface area (Å²) in [5, 5.41) is 11.7. The second kappa shape index (κ2) is 5.06. The van der Waals surface area contributed by atoms with Gasteiger partial charge in [-0.25, -0.2) is 0 Å². The van der Waals surface area contributed by atoms with Gasteiger partial charge in [-0.15, -0.1) is 11.3 Å². The number of hydrogen-bond donors (Lipinski definition) is 1. The van der Waals surface area contributed by atoms with Crippen molar-refractivity contribution < 1.29 is 9.90 Å². The van der Waals surface area contributed by atoms with Gasteiger partial charge >= 0.3 is 5.97 Å². The van der Waals surface area contributed by atoms with Crippen molar-refractivity contribution in [1.82, 2.24) is 0 Å². The molecule has 1 aliphatic rings. The van der Waals surface area contributed by atoms with E-state index >= 15 is 0 Å². The quantitative estimate of drug-likeness (QED) is 0.894. The lowest BCUT2D eigenvalue weighted by Crippen LogP contribution is -2.34. The molecule has 3 heteroatoms. The maximum atomic E-state index is 11.8. The molecule has 20 heavy (non-hydrogen) atoms. The van der Waals surface area contributed by atoms with Crippen LogP contribution in [0, 0.1) is 0 Å². The third-order valence-corrected chi connectivity index (χ3v) is 5.05. The third kappa shape index (κ3) is 2.50. The van der Waals surface area contributed by atoms with E-state index in [0.717, 1.165) is 10.4 Å². The summed E-state index contributed by atoms with van der Waals surface area (Å²) < 4.78 is 0. The minimum atomic E-state index is -0.854. The summed E-state index contributed by atoms with van der Waals surface area (Å²) in [6.07, 6.45) is 3.08. The summed E-state index contributed by atoms with van der Waals surface area (Å²) in [6.45, 7) is 1.82. The molecule has 2 nitrogen and oxygen atoms in total. The Bertz CT molecular complexity index is 596. The van der Waals surface area contributed by atoms with E-state index < -0.39 is 11.4 Å². The fraction of sp³-hybridized carbons (Fsp3) is 0.353. The minimum absolute atomic E-state index is 0.544. The van der Waals surface area contributed by atoms with E-state index in [2.05, 4.69) is 12.1 Å². The van der Waals surface area contributed by atoms with Gasteiger partial charge in [0.25, 0.3) is 0 Å². The van der Waals surface area contributed by atoms with Gasteiger partial charge in [0.1, 0.15) is 0 Å². The normalized spacial score (nSPS) is 17.6. The van der Waals surface area contributed by atoms with Gasteiger partial charge in [0, 0.05) is 11.3 Å². The maximum Gasteiger partial charge on any atom is 0.314 e. The molecule has 1 aromatic heterocycles. The Morgan fingerprint density at radius 2 is 2.00 bits per heavy atom. The van der Waals surface area contributed by atoms with Crippen LogP contribution in [0.25, 0.3) is 0 Å². The zero-order valence-electron chi connectivity index (χ0n) is 11.5. The smallest absolute Gasteiger partial charge is 0.314 e. The first-order valence-electron chi connectivity index (χ1n) is 6.96. The first-order chi connectivity index (χ1) is 9.59. The van der Waals surface area contributed by atoms with E-state index in [1.807, 2.05) is 36.6 Å². The van der Waals surface area contributed by atoms with Crippen LogP contribution in [0.15, 0.2) is 41.8 Å². The highest BCUT2D eigenvalue weighted by Crippen LogP contribution is 2.41. The molecule has 1 aliphatic carbocycles. The van der Waals surface area contributed by atoms with Crippen molar-refractivity contribution in [2.75, 3.05) is 0 Å². The van der Waals surface area contributed by atoms with Crippen LogP contribution in [-0.4, -0.2) is 11.1 Å². The molecule has 0 radical (unpaired) electrons. The molecular formula is C17H18O2S. The van der Waals surface area contributed by atoms with Crippen LogP contribution >= 0.6 is 11.3 Å². The molecule has 3 rings (SSSR count). The highest BCUT2D eigenvalue weighted by Gasteiger charge is 2.36. The predicted molar refractivity (Wildman–Crippen MR) is 81.4 cm³/mol. The lowest BCUT2D eigenvalue weighted by molar-refractivity contribution is -0.143. The average molecular weight is 286 g/mol. The molecule has 0 saturated heterocycles. The standard InChI is InChI=1S/C17H18O2S/c1-17(16(18)19,11-15-3-2-10-20-15)14-8-6-13(7-9-14)12-4-5-12/h2-3,6-10,12H,4-5,11H2,1H3,(H,18,19). The number of carboxylic acids is 1. The molecule has 0 bridgehead atoms. The average Bonchev–Trinajstić information content (AvgIpc) is 3.18. The summed E-state index contributed by atoms with van der Waals surface area (Å²) in [7, 11) is 0. The summed E-state index contributed by atoms with van der Waals surface area (Å²) in [6, 6.07) is 12.2. The van der Waals surface area contributed by atoms with E-state index in [9.17, 15) is 9.90 Å². The Balaban J connectivity index is 1.90. The molecule has 1 saturated carbocycles. The predicted octanol–water partition coefficient (Wildman–Crippen LogP) is 4.21. The summed E-state index contributed by atoms with van der Waals surface area (Å²) in [5.41, 5.74) is 1.38. The number of benzene rings is 1. The van der Waals surface area contributed by atoms with Crippen molar-refractivity contribution in [3.63, 3.8) is 0 Å². The van der Waals surface area contributed by atoms with Gasteiger partial charge in [-0.3, -0.25) is 4.79 Å². The zero-order valence-corrected chi connectivity index (χ0v) is 12.3. The summed E-state index contributed by atoms with van der Waals surface area (Å²) in [4.78, 5) is 12.9. The van der Waals surface area contributed by atoms with Gasteiger partial charge in [0.05, 0.1) is 5.41 Å². The molecule has 1 unspecified atom stereocenters. The maximum absolute atomic E-state index is 11.8. The fourth-order valence-electron chi connectivity index (χ4n) is 2.60. The lowest BCUT2D eigenvalue weighted by atomic mass is 9.78. The Hall–Kier alpha value is -1.61. The van der Waals surface area contributed by atoms with Crippen molar-refractivity contribution in [2.45, 2.75) is 37.5 Å². The van der Waals surface area contributed by atoms with Gasteiger partial charge in [0.15, 0.2) is 0 Å². The summed E-state index contributed by atoms with van der Waals surface area (Å²) >= 11 is 1.62. The lowest BCUT2D eigenvalue weighted by Gasteiger charge is -2.25. The van der Waals surface area contributed by atoms with Crippen molar-refractivity contribution >= 4 is 17.3 Å². The van der Waals surface area contributed by atoms with Crippen LogP contribution in [-0.2, 0) is 16.6 Å². The van der Waals surface area contributed by atoms with E-state index in [1.54, 1.807) is 11.3 Å². The number of carboxylic acid groups (broad SMARTS) is 1. The van der Waals surface area contributed by atoms with Crippen LogP contribution in [0.5, 0.6) is 0 Å². The van der Waals surface area contributed by atoms with Crippen molar-refractivity contribution in [2.24, 2.45) is 0 Å². The number of rotatable bonds is 5. The minimum Gasteiger partial charge on any atom is -0.481 e. The SMILES string of the molecule is CC(Cc1cccs1)(C(=O)O)c1ccc(C2CC2)cc1. The molecule has 1 atom stereocenters. The highest BCUT2D eigenvalue weighted by atomic mass is 32.1. The van der Waals surface area contributed by atoms with Gasteiger partial charge in [0.2, 0.25) is 0 Å². The first kappa shape index (κ1) is 13.4. The van der Waals surface area contributed by atoms with Crippen molar-refractivity contribution in [3.8, 4) is 0 Å². The van der Waals surface area contributed by atoms with Gasteiger partial charge < -0.3 is 5.11 Å². The van der Waals surface area contributed by atoms with Crippen molar-refractivity contribution in [1.29, 1.82) is 0 Å². The van der Waals surface area contributed by atoms with E-state index in [0.29, 0.717) is 12.3 Å². The Morgan fingerprint density at radius 1 is 1.30 bits per heavy atom. The van der Waals surface area contributed by atoms with E-state index in [1.165, 1.54) is 18.4 Å². The van der Waals surface area contributed by atoms with Gasteiger partial charge in [-0.2, -0.15) is 0 Å². The monoisotopic (exact) mass is 286 g/mol. The molecule has 1 heterocycles. The van der Waals surface area contributed by atoms with Crippen molar-refractivity contribution in [3.05, 3.63) is 57.8 Å². The van der Waals surface area contributed by atoms with Crippen LogP contribution in [0.3, 0.4) is 0 Å². The fourth-order valence-corrected chi connectivity index (χ4v) is 3.46. The van der Waals surface area contributed by atoms with E-state index in [-0.39, 0.29) is 0 Å². The molecule has 0 amide bonds. The molecule has 2 aromatic rings. The number of thiophene rings is 1. The van der Waals surface area contributed by atoms with Crippen LogP contribution in [0.2, 0.25) is 0 Å². The molecule has 0 aliphatic heterocycles. The molecule has 0 spiro atoms. The number of hydrogen-bond acceptors (Lipinski definition) is 2. The van der Waals surface area contributed by atoms with Crippen LogP contribution in [0.1, 0.15) is 41.7 Å². The van der Waals surface area contributed by atoms with E-state index in [4.69, 9.17) is 0 Å². The third-order valence-electron chi connectivity index (χ3n) is 4.18. The second-order valence-corrected chi connectivity index (χ2v) is 6.82. The first-order valence-corrected chi connectivity index (χ1v) is 7.84. The Kier molecular flexibility index (Phi) is 3.38. The topological polar surface area (TPSA) is 37.3 Å². The van der Waals surface area contributed by atoms with Crippen LogP contribution in [0.4, 0.5) is 0 Å². The van der Waals surface area contributed by atoms with Gasteiger partial charge in [-0.05, 0) is 48.3 Å². The summed E-state index contributed by atoms with van der Waals surface area (Å²) in [5.74, 6) is -0.0532. The second-order valence-electron chi connectivity index (χ2n) is 5.79. The molecule has 104 valence electrons. The Morgan fingerprint density at radius 3 is 2.50 bits per heavy atom. The molecule has 1 fully saturated rings.